The molecule has 0 aliphatic rings. The fraction of sp³-hybridized carbons (Fsp3) is 0.250. The van der Waals surface area contributed by atoms with E-state index in [4.69, 9.17) is 16.3 Å². The first-order valence-electron chi connectivity index (χ1n) is 8.86. The number of ether oxygens (including phenoxy) is 1. The van der Waals surface area contributed by atoms with Crippen LogP contribution in [0.1, 0.15) is 13.8 Å². The lowest BCUT2D eigenvalue weighted by Gasteiger charge is -2.25. The predicted octanol–water partition coefficient (Wildman–Crippen LogP) is 3.31. The van der Waals surface area contributed by atoms with Gasteiger partial charge in [0.2, 0.25) is 0 Å². The molecule has 0 bridgehead atoms. The summed E-state index contributed by atoms with van der Waals surface area (Å²) < 4.78 is 7.67. The Morgan fingerprint density at radius 2 is 1.86 bits per heavy atom. The largest absolute Gasteiger partial charge is 0.478 e. The van der Waals surface area contributed by atoms with Crippen LogP contribution in [0.5, 0.6) is 5.75 Å². The van der Waals surface area contributed by atoms with Crippen molar-refractivity contribution in [2.45, 2.75) is 19.4 Å². The Labute approximate surface area is 168 Å². The summed E-state index contributed by atoms with van der Waals surface area (Å²) in [5.74, 6) is 1.83. The molecule has 1 aromatic carbocycles. The van der Waals surface area contributed by atoms with Gasteiger partial charge in [0, 0.05) is 36.6 Å². The van der Waals surface area contributed by atoms with Gasteiger partial charge in [0.25, 0.3) is 5.91 Å². The summed E-state index contributed by atoms with van der Waals surface area (Å²) in [6, 6.07) is 12.6. The Balaban J connectivity index is 1.47. The van der Waals surface area contributed by atoms with Crippen molar-refractivity contribution in [2.24, 2.45) is 0 Å². The third kappa shape index (κ3) is 5.23. The van der Waals surface area contributed by atoms with Crippen LogP contribution in [0.15, 0.2) is 61.2 Å². The number of hydrogen-bond acceptors (Lipinski definition) is 5. The first-order valence-corrected chi connectivity index (χ1v) is 9.24. The van der Waals surface area contributed by atoms with Gasteiger partial charge in [0.15, 0.2) is 5.60 Å². The first-order chi connectivity index (χ1) is 13.4. The Hall–Kier alpha value is -3.06. The lowest BCUT2D eigenvalue weighted by molar-refractivity contribution is -0.134. The molecular weight excluding hydrogens is 378 g/mol. The molecular formula is C20H22ClN5O2. The van der Waals surface area contributed by atoms with Crippen molar-refractivity contribution < 1.29 is 9.53 Å². The van der Waals surface area contributed by atoms with E-state index in [2.05, 4.69) is 20.6 Å². The first kappa shape index (κ1) is 19.7. The number of rotatable bonds is 8. The Morgan fingerprint density at radius 3 is 2.57 bits per heavy atom. The van der Waals surface area contributed by atoms with E-state index in [-0.39, 0.29) is 5.91 Å². The molecule has 0 atom stereocenters. The predicted molar refractivity (Wildman–Crippen MR) is 109 cm³/mol. The minimum atomic E-state index is -1.01. The maximum absolute atomic E-state index is 12.4. The van der Waals surface area contributed by atoms with Gasteiger partial charge in [-0.25, -0.2) is 9.97 Å². The summed E-state index contributed by atoms with van der Waals surface area (Å²) in [6.07, 6.45) is 5.32. The average molecular weight is 400 g/mol. The standard InChI is InChI=1S/C20H22ClN5O2/c1-20(2,28-16-7-5-15(21)6-8-16)19(27)23-10-9-22-17-13-18(25-14-24-17)26-11-3-4-12-26/h3-8,11-14H,9-10H2,1-2H3,(H,23,27)(H,22,24,25). The minimum absolute atomic E-state index is 0.208. The van der Waals surface area contributed by atoms with Crippen LogP contribution in [0, 0.1) is 0 Å². The number of anilines is 1. The van der Waals surface area contributed by atoms with Crippen LogP contribution in [0.2, 0.25) is 5.02 Å². The zero-order chi connectivity index (χ0) is 20.0. The topological polar surface area (TPSA) is 81.1 Å². The molecule has 0 aliphatic heterocycles. The highest BCUT2D eigenvalue weighted by Gasteiger charge is 2.29. The van der Waals surface area contributed by atoms with Crippen LogP contribution < -0.4 is 15.4 Å². The molecule has 0 fully saturated rings. The van der Waals surface area contributed by atoms with Gasteiger partial charge in [-0.05, 0) is 50.2 Å². The molecule has 2 heterocycles. The molecule has 8 heteroatoms. The summed E-state index contributed by atoms with van der Waals surface area (Å²) in [7, 11) is 0. The fourth-order valence-corrected chi connectivity index (χ4v) is 2.62. The normalized spacial score (nSPS) is 11.1. The van der Waals surface area contributed by atoms with E-state index < -0.39 is 5.60 Å². The van der Waals surface area contributed by atoms with E-state index in [1.807, 2.05) is 35.2 Å². The summed E-state index contributed by atoms with van der Waals surface area (Å²) in [6.45, 7) is 4.39. The zero-order valence-electron chi connectivity index (χ0n) is 15.7. The van der Waals surface area contributed by atoms with E-state index >= 15 is 0 Å². The van der Waals surface area contributed by atoms with Gasteiger partial charge in [0.05, 0.1) is 0 Å². The minimum Gasteiger partial charge on any atom is -0.478 e. The van der Waals surface area contributed by atoms with E-state index in [1.54, 1.807) is 38.1 Å². The van der Waals surface area contributed by atoms with Crippen molar-refractivity contribution in [1.82, 2.24) is 19.9 Å². The van der Waals surface area contributed by atoms with Crippen molar-refractivity contribution in [3.8, 4) is 11.6 Å². The summed E-state index contributed by atoms with van der Waals surface area (Å²) in [4.78, 5) is 20.9. The Kier molecular flexibility index (Phi) is 6.16. The number of benzene rings is 1. The van der Waals surface area contributed by atoms with E-state index in [0.717, 1.165) is 5.82 Å². The molecule has 0 radical (unpaired) electrons. The molecule has 0 unspecified atom stereocenters. The van der Waals surface area contributed by atoms with Crippen LogP contribution >= 0.6 is 11.6 Å². The van der Waals surface area contributed by atoms with Crippen molar-refractivity contribution >= 4 is 23.3 Å². The number of carbonyl (C=O) groups is 1. The summed E-state index contributed by atoms with van der Waals surface area (Å²) in [5.41, 5.74) is -1.01. The van der Waals surface area contributed by atoms with Gasteiger partial charge in [0.1, 0.15) is 23.7 Å². The monoisotopic (exact) mass is 399 g/mol. The van der Waals surface area contributed by atoms with Crippen molar-refractivity contribution in [3.63, 3.8) is 0 Å². The molecule has 1 amide bonds. The quantitative estimate of drug-likeness (QED) is 0.568. The average Bonchev–Trinajstić information content (AvgIpc) is 3.22. The number of nitrogens with zero attached hydrogens (tertiary/aromatic N) is 3. The van der Waals surface area contributed by atoms with Crippen molar-refractivity contribution in [3.05, 3.63) is 66.2 Å². The molecule has 0 saturated heterocycles. The number of aromatic nitrogens is 3. The van der Waals surface area contributed by atoms with Crippen molar-refractivity contribution in [2.75, 3.05) is 18.4 Å². The van der Waals surface area contributed by atoms with Crippen LogP contribution in [-0.2, 0) is 4.79 Å². The van der Waals surface area contributed by atoms with Crippen LogP contribution in [-0.4, -0.2) is 39.1 Å². The highest BCUT2D eigenvalue weighted by Crippen LogP contribution is 2.21. The van der Waals surface area contributed by atoms with Crippen LogP contribution in [0.25, 0.3) is 5.82 Å². The number of amides is 1. The van der Waals surface area contributed by atoms with Gasteiger partial charge in [-0.1, -0.05) is 11.6 Å². The molecule has 0 aliphatic carbocycles. The molecule has 0 saturated carbocycles. The number of carbonyl (C=O) groups excluding carboxylic acids is 1. The lowest BCUT2D eigenvalue weighted by atomic mass is 10.1. The van der Waals surface area contributed by atoms with Crippen LogP contribution in [0.4, 0.5) is 5.82 Å². The van der Waals surface area contributed by atoms with E-state index in [9.17, 15) is 4.79 Å². The third-order valence-electron chi connectivity index (χ3n) is 3.97. The molecule has 0 spiro atoms. The SMILES string of the molecule is CC(C)(Oc1ccc(Cl)cc1)C(=O)NCCNc1cc(-n2cccc2)ncn1. The lowest BCUT2D eigenvalue weighted by Crippen LogP contribution is -2.47. The summed E-state index contributed by atoms with van der Waals surface area (Å²) in [5, 5.41) is 6.66. The summed E-state index contributed by atoms with van der Waals surface area (Å²) >= 11 is 5.87. The van der Waals surface area contributed by atoms with E-state index in [0.29, 0.717) is 29.7 Å². The number of nitrogens with one attached hydrogen (secondary N) is 2. The molecule has 7 nitrogen and oxygen atoms in total. The smallest absolute Gasteiger partial charge is 0.263 e. The van der Waals surface area contributed by atoms with Gasteiger partial charge in [-0.2, -0.15) is 0 Å². The molecule has 3 rings (SSSR count). The maximum Gasteiger partial charge on any atom is 0.263 e. The van der Waals surface area contributed by atoms with Crippen LogP contribution in [0.3, 0.4) is 0 Å². The third-order valence-corrected chi connectivity index (χ3v) is 4.22. The van der Waals surface area contributed by atoms with Gasteiger partial charge >= 0.3 is 0 Å². The Bertz CT molecular complexity index is 911. The molecule has 2 aromatic heterocycles. The second kappa shape index (κ2) is 8.75. The van der Waals surface area contributed by atoms with Gasteiger partial charge in [-0.3, -0.25) is 4.79 Å². The molecule has 28 heavy (non-hydrogen) atoms. The van der Waals surface area contributed by atoms with E-state index in [1.165, 1.54) is 6.33 Å². The second-order valence-electron chi connectivity index (χ2n) is 6.60. The van der Waals surface area contributed by atoms with Crippen molar-refractivity contribution in [1.29, 1.82) is 0 Å². The van der Waals surface area contributed by atoms with Gasteiger partial charge in [-0.15, -0.1) is 0 Å². The highest BCUT2D eigenvalue weighted by atomic mass is 35.5. The number of hydrogen-bond donors (Lipinski definition) is 2. The number of halogens is 1. The highest BCUT2D eigenvalue weighted by molar-refractivity contribution is 6.30. The van der Waals surface area contributed by atoms with Gasteiger partial charge < -0.3 is 19.9 Å². The maximum atomic E-state index is 12.4. The Morgan fingerprint density at radius 1 is 1.14 bits per heavy atom. The second-order valence-corrected chi connectivity index (χ2v) is 7.04. The fourth-order valence-electron chi connectivity index (χ4n) is 2.50. The zero-order valence-corrected chi connectivity index (χ0v) is 16.5. The molecule has 146 valence electrons. The molecule has 3 aromatic rings. The molecule has 2 N–H and O–H groups in total.